The van der Waals surface area contributed by atoms with Gasteiger partial charge in [0.15, 0.2) is 0 Å². The number of allylic oxidation sites excluding steroid dienone is 4. The van der Waals surface area contributed by atoms with Crippen LogP contribution in [0.4, 0.5) is 0 Å². The smallest absolute Gasteiger partial charge is 0.305 e. The van der Waals surface area contributed by atoms with Gasteiger partial charge in [-0.25, -0.2) is 0 Å². The third-order valence-corrected chi connectivity index (χ3v) is 12.5. The molecule has 0 saturated heterocycles. The van der Waals surface area contributed by atoms with Gasteiger partial charge in [-0.1, -0.05) is 244 Å². The van der Waals surface area contributed by atoms with Crippen LogP contribution in [0.2, 0.25) is 0 Å². The first-order valence-electron chi connectivity index (χ1n) is 27.1. The minimum Gasteiger partial charge on any atom is -0.466 e. The highest BCUT2D eigenvalue weighted by molar-refractivity contribution is 5.76. The molecule has 0 fully saturated rings. The lowest BCUT2D eigenvalue weighted by Gasteiger charge is -2.22. The van der Waals surface area contributed by atoms with E-state index in [2.05, 4.69) is 43.5 Å². The zero-order valence-corrected chi connectivity index (χ0v) is 40.9. The topological polar surface area (TPSA) is 95.9 Å². The van der Waals surface area contributed by atoms with E-state index >= 15 is 0 Å². The predicted octanol–water partition coefficient (Wildman–Crippen LogP) is 16.3. The Hall–Kier alpha value is -1.66. The lowest BCUT2D eigenvalue weighted by atomic mass is 10.0. The summed E-state index contributed by atoms with van der Waals surface area (Å²) >= 11 is 0. The van der Waals surface area contributed by atoms with Crippen LogP contribution in [-0.2, 0) is 14.3 Å². The summed E-state index contributed by atoms with van der Waals surface area (Å²) in [6, 6.07) is -0.562. The van der Waals surface area contributed by atoms with Crippen LogP contribution in [0.1, 0.15) is 290 Å². The first kappa shape index (κ1) is 59.3. The van der Waals surface area contributed by atoms with Gasteiger partial charge in [0.05, 0.1) is 25.4 Å². The number of carbonyl (C=O) groups is 2. The molecule has 0 aliphatic carbocycles. The summed E-state index contributed by atoms with van der Waals surface area (Å²) in [5.74, 6) is -0.0937. The number of hydrogen-bond donors (Lipinski definition) is 3. The van der Waals surface area contributed by atoms with Crippen molar-refractivity contribution in [1.29, 1.82) is 0 Å². The molecule has 6 nitrogen and oxygen atoms in total. The Morgan fingerprint density at radius 2 is 0.820 bits per heavy atom. The van der Waals surface area contributed by atoms with Gasteiger partial charge in [0.1, 0.15) is 0 Å². The Bertz CT molecular complexity index is 951. The number of esters is 1. The molecule has 61 heavy (non-hydrogen) atoms. The van der Waals surface area contributed by atoms with Crippen LogP contribution in [0.15, 0.2) is 24.3 Å². The molecule has 1 amide bonds. The van der Waals surface area contributed by atoms with Crippen LogP contribution in [0.5, 0.6) is 0 Å². The summed E-state index contributed by atoms with van der Waals surface area (Å²) in [7, 11) is 0. The Morgan fingerprint density at radius 1 is 0.459 bits per heavy atom. The molecular weight excluding hydrogens is 755 g/mol. The Labute approximate surface area is 380 Å². The van der Waals surface area contributed by atoms with Gasteiger partial charge in [0.25, 0.3) is 0 Å². The molecule has 0 saturated carbocycles. The van der Waals surface area contributed by atoms with Crippen LogP contribution in [0.25, 0.3) is 0 Å². The van der Waals surface area contributed by atoms with Gasteiger partial charge < -0.3 is 20.3 Å². The number of unbranched alkanes of at least 4 members (excludes halogenated alkanes) is 35. The standard InChI is InChI=1S/C55H105NO5/c1-3-5-7-9-11-13-15-17-19-21-23-24-26-28-31-35-39-43-47-53(58)52(51-57)56-54(59)48-44-40-36-32-30-34-38-42-46-50-61-55(60)49-45-41-37-33-29-27-25-22-20-18-16-14-12-10-8-6-4-2/h12,14,18,20,52-53,57-58H,3-11,13,15-17,19,21-51H2,1-2H3,(H,56,59)/b14-12-,20-18-. The Morgan fingerprint density at radius 3 is 1.28 bits per heavy atom. The number of carbonyl (C=O) groups excluding carboxylic acids is 2. The monoisotopic (exact) mass is 860 g/mol. The maximum Gasteiger partial charge on any atom is 0.305 e. The van der Waals surface area contributed by atoms with Crippen LogP contribution in [0, 0.1) is 0 Å². The minimum absolute atomic E-state index is 0.0322. The van der Waals surface area contributed by atoms with Crippen molar-refractivity contribution < 1.29 is 24.5 Å². The second-order valence-electron chi connectivity index (χ2n) is 18.6. The van der Waals surface area contributed by atoms with Crippen molar-refractivity contribution in [3.63, 3.8) is 0 Å². The number of hydrogen-bond acceptors (Lipinski definition) is 5. The molecule has 0 rings (SSSR count). The van der Waals surface area contributed by atoms with Crippen molar-refractivity contribution in [3.05, 3.63) is 24.3 Å². The van der Waals surface area contributed by atoms with E-state index in [4.69, 9.17) is 4.74 Å². The van der Waals surface area contributed by atoms with Crippen LogP contribution < -0.4 is 5.32 Å². The first-order valence-corrected chi connectivity index (χ1v) is 27.1. The number of nitrogens with one attached hydrogen (secondary N) is 1. The molecule has 0 aromatic heterocycles. The molecule has 3 N–H and O–H groups in total. The van der Waals surface area contributed by atoms with E-state index in [0.717, 1.165) is 64.2 Å². The Balaban J connectivity index is 3.49. The van der Waals surface area contributed by atoms with Gasteiger partial charge in [0.2, 0.25) is 5.91 Å². The van der Waals surface area contributed by atoms with Crippen LogP contribution in [-0.4, -0.2) is 47.4 Å². The average molecular weight is 860 g/mol. The summed E-state index contributed by atoms with van der Waals surface area (Å²) in [6.45, 7) is 4.87. The van der Waals surface area contributed by atoms with Crippen molar-refractivity contribution in [1.82, 2.24) is 5.32 Å². The molecule has 360 valence electrons. The summed E-state index contributed by atoms with van der Waals surface area (Å²) in [5, 5.41) is 23.3. The molecule has 6 heteroatoms. The highest BCUT2D eigenvalue weighted by Gasteiger charge is 2.20. The zero-order valence-electron chi connectivity index (χ0n) is 40.9. The summed E-state index contributed by atoms with van der Waals surface area (Å²) in [5.41, 5.74) is 0. The number of ether oxygens (including phenoxy) is 1. The van der Waals surface area contributed by atoms with Crippen molar-refractivity contribution >= 4 is 11.9 Å². The fourth-order valence-electron chi connectivity index (χ4n) is 8.32. The van der Waals surface area contributed by atoms with Gasteiger partial charge in [0, 0.05) is 12.8 Å². The van der Waals surface area contributed by atoms with Crippen LogP contribution >= 0.6 is 0 Å². The van der Waals surface area contributed by atoms with E-state index in [0.29, 0.717) is 25.9 Å². The van der Waals surface area contributed by atoms with Crippen molar-refractivity contribution in [2.24, 2.45) is 0 Å². The average Bonchev–Trinajstić information content (AvgIpc) is 3.26. The van der Waals surface area contributed by atoms with Gasteiger partial charge >= 0.3 is 5.97 Å². The third-order valence-electron chi connectivity index (χ3n) is 12.5. The minimum atomic E-state index is -0.683. The van der Waals surface area contributed by atoms with Crippen molar-refractivity contribution in [3.8, 4) is 0 Å². The fraction of sp³-hybridized carbons (Fsp3) is 0.891. The number of aliphatic hydroxyl groups excluding tert-OH is 2. The van der Waals surface area contributed by atoms with Gasteiger partial charge in [-0.05, 0) is 57.8 Å². The van der Waals surface area contributed by atoms with E-state index < -0.39 is 12.1 Å². The van der Waals surface area contributed by atoms with E-state index in [9.17, 15) is 19.8 Å². The second kappa shape index (κ2) is 51.0. The molecule has 0 aromatic rings. The van der Waals surface area contributed by atoms with Crippen molar-refractivity contribution in [2.45, 2.75) is 302 Å². The summed E-state index contributed by atoms with van der Waals surface area (Å²) < 4.78 is 5.46. The Kier molecular flexibility index (Phi) is 49.6. The van der Waals surface area contributed by atoms with E-state index in [1.165, 1.54) is 193 Å². The quantitative estimate of drug-likeness (QED) is 0.0322. The largest absolute Gasteiger partial charge is 0.466 e. The highest BCUT2D eigenvalue weighted by Crippen LogP contribution is 2.17. The molecule has 0 aromatic carbocycles. The molecular formula is C55H105NO5. The molecule has 0 aliphatic heterocycles. The van der Waals surface area contributed by atoms with Crippen LogP contribution in [0.3, 0.4) is 0 Å². The normalized spacial score (nSPS) is 12.8. The summed E-state index contributed by atoms with van der Waals surface area (Å²) in [6.07, 6.45) is 60.0. The maximum absolute atomic E-state index is 12.5. The second-order valence-corrected chi connectivity index (χ2v) is 18.6. The molecule has 0 bridgehead atoms. The zero-order chi connectivity index (χ0) is 44.4. The lowest BCUT2D eigenvalue weighted by molar-refractivity contribution is -0.143. The highest BCUT2D eigenvalue weighted by atomic mass is 16.5. The van der Waals surface area contributed by atoms with Crippen molar-refractivity contribution in [2.75, 3.05) is 13.2 Å². The van der Waals surface area contributed by atoms with Gasteiger partial charge in [-0.15, -0.1) is 0 Å². The number of amides is 1. The first-order chi connectivity index (χ1) is 30.0. The summed E-state index contributed by atoms with van der Waals surface area (Å²) in [4.78, 5) is 24.5. The molecule has 2 atom stereocenters. The SMILES string of the molecule is CCCCC/C=C\C/C=C\CCCCCCCCCC(=O)OCCCCCCCCCCCC(=O)NC(CO)C(O)CCCCCCCCCCCCCCCCCCCC. The van der Waals surface area contributed by atoms with E-state index in [1.54, 1.807) is 0 Å². The van der Waals surface area contributed by atoms with E-state index in [1.807, 2.05) is 0 Å². The van der Waals surface area contributed by atoms with Gasteiger partial charge in [-0.3, -0.25) is 9.59 Å². The van der Waals surface area contributed by atoms with E-state index in [-0.39, 0.29) is 18.5 Å². The molecule has 0 radical (unpaired) electrons. The lowest BCUT2D eigenvalue weighted by Crippen LogP contribution is -2.45. The molecule has 0 heterocycles. The third kappa shape index (κ3) is 47.7. The maximum atomic E-state index is 12.5. The number of rotatable bonds is 50. The fourth-order valence-corrected chi connectivity index (χ4v) is 8.32. The predicted molar refractivity (Wildman–Crippen MR) is 264 cm³/mol. The molecule has 0 aliphatic rings. The van der Waals surface area contributed by atoms with Gasteiger partial charge in [-0.2, -0.15) is 0 Å². The molecule has 2 unspecified atom stereocenters. The number of aliphatic hydroxyl groups is 2. The molecule has 0 spiro atoms.